The molecule has 2 aromatic carbocycles. The zero-order valence-corrected chi connectivity index (χ0v) is 38.5. The summed E-state index contributed by atoms with van der Waals surface area (Å²) in [5, 5.41) is 8.10. The number of methoxy groups -OCH3 is 1. The highest BCUT2D eigenvalue weighted by atomic mass is 16.5. The summed E-state index contributed by atoms with van der Waals surface area (Å²) in [7, 11) is 3.27. The molecule has 1 saturated heterocycles. The number of amides is 7. The van der Waals surface area contributed by atoms with Crippen molar-refractivity contribution in [3.05, 3.63) is 59.3 Å². The number of carbonyl (C=O) groups is 7. The molecule has 1 saturated carbocycles. The first-order valence-electron chi connectivity index (χ1n) is 22.9. The summed E-state index contributed by atoms with van der Waals surface area (Å²) in [6.45, 7) is 4.03. The molecule has 2 fully saturated rings. The van der Waals surface area contributed by atoms with Crippen molar-refractivity contribution < 1.29 is 57.2 Å². The Morgan fingerprint density at radius 1 is 0.926 bits per heavy atom. The highest BCUT2D eigenvalue weighted by Crippen LogP contribution is 2.41. The van der Waals surface area contributed by atoms with Crippen LogP contribution in [0, 0.1) is 0 Å². The fraction of sp³-hybridized carbons (Fsp3) is 0.489. The molecule has 4 aliphatic rings. The van der Waals surface area contributed by atoms with Crippen LogP contribution in [-0.2, 0) is 33.4 Å². The number of hydrogen-bond acceptors (Lipinski definition) is 16. The first kappa shape index (κ1) is 49.1. The fourth-order valence-electron chi connectivity index (χ4n) is 8.59. The minimum absolute atomic E-state index is 0.00322. The summed E-state index contributed by atoms with van der Waals surface area (Å²) in [5.74, 6) is -1.86. The van der Waals surface area contributed by atoms with Crippen LogP contribution >= 0.6 is 0 Å². The smallest absolute Gasteiger partial charge is 0.276 e. The lowest BCUT2D eigenvalue weighted by Gasteiger charge is -2.43. The number of aromatic nitrogens is 2. The van der Waals surface area contributed by atoms with E-state index >= 15 is 0 Å². The third kappa shape index (κ3) is 11.5. The maximum absolute atomic E-state index is 13.2. The lowest BCUT2D eigenvalue weighted by Crippen LogP contribution is -2.55. The van der Waals surface area contributed by atoms with Gasteiger partial charge in [0.25, 0.3) is 23.6 Å². The highest BCUT2D eigenvalue weighted by molar-refractivity contribution is 6.24. The van der Waals surface area contributed by atoms with Gasteiger partial charge in [-0.1, -0.05) is 25.8 Å². The van der Waals surface area contributed by atoms with Crippen molar-refractivity contribution in [2.75, 3.05) is 82.1 Å². The molecule has 3 N–H and O–H groups in total. The van der Waals surface area contributed by atoms with Gasteiger partial charge in [-0.05, 0) is 62.4 Å². The van der Waals surface area contributed by atoms with E-state index in [4.69, 9.17) is 28.7 Å². The number of hydrogen-bond donors (Lipinski definition) is 3. The van der Waals surface area contributed by atoms with Gasteiger partial charge in [0.15, 0.2) is 12.4 Å². The monoisotopic (exact) mass is 939 g/mol. The normalized spacial score (nSPS) is 18.3. The number of anilines is 4. The van der Waals surface area contributed by atoms with Gasteiger partial charge in [0, 0.05) is 50.9 Å². The Morgan fingerprint density at radius 3 is 2.41 bits per heavy atom. The molecule has 2 atom stereocenters. The van der Waals surface area contributed by atoms with Gasteiger partial charge in [-0.2, -0.15) is 4.98 Å². The predicted octanol–water partition coefficient (Wildman–Crippen LogP) is 3.37. The van der Waals surface area contributed by atoms with Crippen molar-refractivity contribution in [1.82, 2.24) is 25.5 Å². The Labute approximate surface area is 393 Å². The number of imide groups is 2. The van der Waals surface area contributed by atoms with Crippen LogP contribution in [0.15, 0.2) is 47.6 Å². The Balaban J connectivity index is 0.733. The molecule has 21 nitrogen and oxygen atoms in total. The third-order valence-electron chi connectivity index (χ3n) is 12.0. The molecule has 68 heavy (non-hydrogen) atoms. The second-order valence-corrected chi connectivity index (χ2v) is 16.5. The summed E-state index contributed by atoms with van der Waals surface area (Å²) in [6.07, 6.45) is 9.10. The van der Waals surface area contributed by atoms with Crippen molar-refractivity contribution in [2.45, 2.75) is 82.8 Å². The number of carbonyl (C=O) groups excluding carboxylic acids is 7. The lowest BCUT2D eigenvalue weighted by molar-refractivity contribution is -0.136. The van der Waals surface area contributed by atoms with E-state index in [9.17, 15) is 33.6 Å². The van der Waals surface area contributed by atoms with Crippen molar-refractivity contribution >= 4 is 70.7 Å². The Morgan fingerprint density at radius 2 is 1.68 bits per heavy atom. The molecule has 3 aromatic rings. The minimum atomic E-state index is -1.11. The van der Waals surface area contributed by atoms with Gasteiger partial charge in [0.05, 0.1) is 63.2 Å². The van der Waals surface area contributed by atoms with Crippen molar-refractivity contribution in [2.24, 2.45) is 4.99 Å². The van der Waals surface area contributed by atoms with Crippen LogP contribution in [0.3, 0.4) is 0 Å². The number of benzene rings is 2. The molecule has 0 radical (unpaired) electrons. The van der Waals surface area contributed by atoms with Crippen molar-refractivity contribution in [1.29, 1.82) is 0 Å². The van der Waals surface area contributed by atoms with Gasteiger partial charge in [-0.3, -0.25) is 43.8 Å². The van der Waals surface area contributed by atoms with Gasteiger partial charge in [0.1, 0.15) is 29.3 Å². The van der Waals surface area contributed by atoms with Gasteiger partial charge in [-0.15, -0.1) is 0 Å². The molecule has 1 unspecified atom stereocenters. The van der Waals surface area contributed by atoms with Crippen LogP contribution in [0.5, 0.6) is 11.5 Å². The molecule has 7 amide bonds. The molecule has 4 heterocycles. The average Bonchev–Trinajstić information content (AvgIpc) is 3.96. The summed E-state index contributed by atoms with van der Waals surface area (Å²) in [6, 6.07) is 8.25. The lowest BCUT2D eigenvalue weighted by atomic mass is 10.0. The molecule has 1 aromatic heterocycles. The number of aliphatic imine (C=N–C) groups is 1. The van der Waals surface area contributed by atoms with Crippen LogP contribution in [0.25, 0.3) is 0 Å². The standard InChI is InChI=1S/C47H57N9O12/c1-4-33-45(62)54(2)35-27-50-47(53-41(35)55(33)30-10-5-6-11-30)51-32-15-14-29(26-37(32)64-3)42(59)49-19-9-21-66-23-25-67-24-22-65-20-8-18-48-39(58)28-68-36-13-7-12-31-40(36)46(63)56(44(31)61)34-16-17-38(57)52-43(34)60/h7,12-15,19,26-27,30,33-34H,4-6,8-11,16-18,20-25,28H2,1-3H3,(H,48,58)(H,50,51,53)(H,52,57,60)/t33-,34?/m1/s1. The van der Waals surface area contributed by atoms with E-state index in [1.165, 1.54) is 31.5 Å². The number of nitrogens with zero attached hydrogens (tertiary/aromatic N) is 6. The Hall–Kier alpha value is -6.84. The van der Waals surface area contributed by atoms with E-state index in [1.54, 1.807) is 36.3 Å². The largest absolute Gasteiger partial charge is 0.495 e. The summed E-state index contributed by atoms with van der Waals surface area (Å²) < 4.78 is 27.9. The number of rotatable bonds is 23. The molecule has 0 bridgehead atoms. The van der Waals surface area contributed by atoms with Crippen LogP contribution in [0.4, 0.5) is 23.1 Å². The first-order chi connectivity index (χ1) is 33.0. The zero-order chi connectivity index (χ0) is 48.2. The molecule has 1 aliphatic carbocycles. The average molecular weight is 940 g/mol. The summed E-state index contributed by atoms with van der Waals surface area (Å²) >= 11 is 0. The zero-order valence-electron chi connectivity index (χ0n) is 38.5. The van der Waals surface area contributed by atoms with E-state index in [1.807, 2.05) is 6.92 Å². The number of nitrogens with one attached hydrogen (secondary N) is 3. The number of fused-ring (bicyclic) bond motifs is 2. The van der Waals surface area contributed by atoms with Gasteiger partial charge >= 0.3 is 0 Å². The topological polar surface area (TPSA) is 250 Å². The van der Waals surface area contributed by atoms with E-state index < -0.39 is 48.1 Å². The van der Waals surface area contributed by atoms with E-state index in [2.05, 4.69) is 30.8 Å². The number of likely N-dealkylation sites (N-methyl/N-ethyl adjacent to an activating group) is 1. The SMILES string of the molecule is CC[C@@H]1C(=O)N(C)c2cnc(Nc3ccc(C(=O)N=CCCOCCOCCOCCCNC(=O)COc4cccc5c4C(=O)N(C4CCC(=O)NC4=O)C5=O)cc3OC)nc2N1C1CCCC1. The summed E-state index contributed by atoms with van der Waals surface area (Å²) in [4.78, 5) is 107. The van der Waals surface area contributed by atoms with Gasteiger partial charge in [0.2, 0.25) is 23.7 Å². The predicted molar refractivity (Wildman–Crippen MR) is 247 cm³/mol. The molecule has 21 heteroatoms. The van der Waals surface area contributed by atoms with Crippen LogP contribution in [0.2, 0.25) is 0 Å². The van der Waals surface area contributed by atoms with E-state index in [0.717, 1.165) is 36.4 Å². The Kier molecular flexibility index (Phi) is 16.8. The molecular formula is C47H57N9O12. The molecule has 0 spiro atoms. The maximum Gasteiger partial charge on any atom is 0.276 e. The second kappa shape index (κ2) is 23.3. The summed E-state index contributed by atoms with van der Waals surface area (Å²) in [5.41, 5.74) is 1.61. The minimum Gasteiger partial charge on any atom is -0.495 e. The molecule has 7 rings (SSSR count). The van der Waals surface area contributed by atoms with Gasteiger partial charge < -0.3 is 44.1 Å². The van der Waals surface area contributed by atoms with Crippen molar-refractivity contribution in [3.8, 4) is 11.5 Å². The van der Waals surface area contributed by atoms with E-state index in [0.29, 0.717) is 94.1 Å². The van der Waals surface area contributed by atoms with Crippen LogP contribution in [0.1, 0.15) is 95.8 Å². The van der Waals surface area contributed by atoms with E-state index in [-0.39, 0.29) is 47.7 Å². The Bertz CT molecular complexity index is 2410. The fourth-order valence-corrected chi connectivity index (χ4v) is 8.59. The molecule has 3 aliphatic heterocycles. The maximum atomic E-state index is 13.2. The van der Waals surface area contributed by atoms with Gasteiger partial charge in [-0.25, -0.2) is 9.98 Å². The van der Waals surface area contributed by atoms with Crippen LogP contribution < -0.4 is 35.2 Å². The third-order valence-corrected chi connectivity index (χ3v) is 12.0. The second-order valence-electron chi connectivity index (χ2n) is 16.5. The highest BCUT2D eigenvalue weighted by Gasteiger charge is 2.46. The quantitative estimate of drug-likeness (QED) is 0.0701. The van der Waals surface area contributed by atoms with Crippen molar-refractivity contribution in [3.63, 3.8) is 0 Å². The van der Waals surface area contributed by atoms with Crippen LogP contribution in [-0.4, -0.2) is 148 Å². The number of piperidine rings is 1. The molecule has 362 valence electrons. The molecular weight excluding hydrogens is 883 g/mol. The first-order valence-corrected chi connectivity index (χ1v) is 22.9. The number of ether oxygens (including phenoxy) is 5.